The van der Waals surface area contributed by atoms with E-state index in [0.717, 1.165) is 0 Å². The molecule has 3 rings (SSSR count). The molecule has 134 valence electrons. The van der Waals surface area contributed by atoms with Crippen molar-refractivity contribution in [3.05, 3.63) is 30.3 Å². The summed E-state index contributed by atoms with van der Waals surface area (Å²) in [5, 5.41) is 13.6. The third-order valence-electron chi connectivity index (χ3n) is 4.39. The van der Waals surface area contributed by atoms with E-state index in [2.05, 4.69) is 5.32 Å². The summed E-state index contributed by atoms with van der Waals surface area (Å²) < 4.78 is 4.87. The minimum atomic E-state index is -1.28. The molecule has 1 aromatic carbocycles. The number of para-hydroxylation sites is 1. The van der Waals surface area contributed by atoms with E-state index in [0.29, 0.717) is 5.75 Å². The Labute approximate surface area is 149 Å². The first kappa shape index (κ1) is 17.6. The predicted molar refractivity (Wildman–Crippen MR) is 89.6 cm³/mol. The number of nitrogens with one attached hydrogen (secondary N) is 1. The van der Waals surface area contributed by atoms with Gasteiger partial charge in [-0.25, -0.2) is 0 Å². The van der Waals surface area contributed by atoms with Gasteiger partial charge in [-0.1, -0.05) is 18.2 Å². The Bertz CT molecular complexity index is 708. The second-order valence-electron chi connectivity index (χ2n) is 6.64. The highest BCUT2D eigenvalue weighted by Gasteiger charge is 2.62. The van der Waals surface area contributed by atoms with E-state index in [-0.39, 0.29) is 0 Å². The molecule has 4 atom stereocenters. The minimum Gasteiger partial charge on any atom is -0.548 e. The number of β-lactam (4-membered cyclic amide) rings is 1. The van der Waals surface area contributed by atoms with Gasteiger partial charge in [0.2, 0.25) is 5.91 Å². The molecule has 0 aliphatic carbocycles. The van der Waals surface area contributed by atoms with Gasteiger partial charge in [0.25, 0.3) is 5.91 Å². The number of hydrogen-bond acceptors (Lipinski definition) is 6. The van der Waals surface area contributed by atoms with Gasteiger partial charge in [-0.2, -0.15) is 0 Å². The number of benzene rings is 1. The molecular formula is C17H19N2O5S-. The largest absolute Gasteiger partial charge is 0.548 e. The maximum absolute atomic E-state index is 12.3. The summed E-state index contributed by atoms with van der Waals surface area (Å²) in [7, 11) is 0. The van der Waals surface area contributed by atoms with E-state index < -0.39 is 46.1 Å². The van der Waals surface area contributed by atoms with Crippen molar-refractivity contribution in [2.45, 2.75) is 49.1 Å². The van der Waals surface area contributed by atoms with Crippen LogP contribution >= 0.6 is 11.8 Å². The lowest BCUT2D eigenvalue weighted by Gasteiger charge is -2.45. The van der Waals surface area contributed by atoms with Gasteiger partial charge in [0.05, 0.1) is 12.0 Å². The number of amides is 2. The molecule has 2 amide bonds. The van der Waals surface area contributed by atoms with Gasteiger partial charge in [-0.3, -0.25) is 9.59 Å². The van der Waals surface area contributed by atoms with Crippen molar-refractivity contribution < 1.29 is 24.2 Å². The molecule has 2 heterocycles. The second kappa shape index (κ2) is 6.25. The van der Waals surface area contributed by atoms with Gasteiger partial charge in [0.1, 0.15) is 17.2 Å². The summed E-state index contributed by atoms with van der Waals surface area (Å²) in [5.41, 5.74) is 0. The van der Waals surface area contributed by atoms with Gasteiger partial charge in [0.15, 0.2) is 6.10 Å². The molecule has 0 bridgehead atoms. The molecule has 25 heavy (non-hydrogen) atoms. The van der Waals surface area contributed by atoms with E-state index in [1.807, 2.05) is 6.07 Å². The molecule has 2 fully saturated rings. The summed E-state index contributed by atoms with van der Waals surface area (Å²) >= 11 is 1.35. The van der Waals surface area contributed by atoms with Crippen molar-refractivity contribution in [1.82, 2.24) is 10.2 Å². The zero-order valence-corrected chi connectivity index (χ0v) is 14.9. The number of aliphatic carboxylic acids is 1. The average Bonchev–Trinajstić information content (AvgIpc) is 2.81. The summed E-state index contributed by atoms with van der Waals surface area (Å²) in [6, 6.07) is 7.16. The molecule has 2 aliphatic heterocycles. The van der Waals surface area contributed by atoms with Gasteiger partial charge < -0.3 is 24.9 Å². The van der Waals surface area contributed by atoms with E-state index in [9.17, 15) is 19.5 Å². The van der Waals surface area contributed by atoms with Crippen molar-refractivity contribution in [3.8, 4) is 5.75 Å². The lowest BCUT2D eigenvalue weighted by molar-refractivity contribution is -0.312. The first-order chi connectivity index (χ1) is 11.7. The van der Waals surface area contributed by atoms with Crippen molar-refractivity contribution in [2.75, 3.05) is 0 Å². The SMILES string of the molecule is C[C@H](Oc1ccccc1)C(=O)N[C@H]1C(=O)N2[C@@H]1SC(C)(C)[C@H]2C(=O)[O-]. The first-order valence-electron chi connectivity index (χ1n) is 7.95. The van der Waals surface area contributed by atoms with E-state index >= 15 is 0 Å². The van der Waals surface area contributed by atoms with Gasteiger partial charge in [0, 0.05) is 4.75 Å². The normalized spacial score (nSPS) is 27.9. The van der Waals surface area contributed by atoms with Crippen LogP contribution < -0.4 is 15.2 Å². The number of carboxylic acids is 1. The summed E-state index contributed by atoms with van der Waals surface area (Å²) in [4.78, 5) is 37.3. The minimum absolute atomic E-state index is 0.404. The van der Waals surface area contributed by atoms with Crippen LogP contribution in [-0.4, -0.2) is 51.0 Å². The van der Waals surface area contributed by atoms with Crippen LogP contribution in [0.1, 0.15) is 20.8 Å². The third kappa shape index (κ3) is 3.06. The summed E-state index contributed by atoms with van der Waals surface area (Å²) in [6.07, 6.45) is -0.777. The number of nitrogens with zero attached hydrogens (tertiary/aromatic N) is 1. The van der Waals surface area contributed by atoms with Crippen LogP contribution in [0.4, 0.5) is 0 Å². The quantitative estimate of drug-likeness (QED) is 0.725. The first-order valence-corrected chi connectivity index (χ1v) is 8.83. The number of ether oxygens (including phenoxy) is 1. The maximum Gasteiger partial charge on any atom is 0.261 e. The number of rotatable bonds is 5. The number of carboxylic acid groups (broad SMARTS) is 1. The molecule has 1 aromatic rings. The van der Waals surface area contributed by atoms with Crippen LogP contribution in [0.15, 0.2) is 30.3 Å². The molecule has 0 radical (unpaired) electrons. The number of carbonyl (C=O) groups excluding carboxylic acids is 3. The third-order valence-corrected chi connectivity index (χ3v) is 5.96. The molecule has 7 nitrogen and oxygen atoms in total. The second-order valence-corrected chi connectivity index (χ2v) is 8.41. The molecule has 1 N–H and O–H groups in total. The average molecular weight is 363 g/mol. The Morgan fingerprint density at radius 2 is 1.96 bits per heavy atom. The van der Waals surface area contributed by atoms with Crippen molar-refractivity contribution >= 4 is 29.5 Å². The fraction of sp³-hybridized carbons (Fsp3) is 0.471. The number of carbonyl (C=O) groups is 3. The molecule has 0 saturated carbocycles. The van der Waals surface area contributed by atoms with Crippen LogP contribution in [0, 0.1) is 0 Å². The van der Waals surface area contributed by atoms with Crippen molar-refractivity contribution in [3.63, 3.8) is 0 Å². The number of fused-ring (bicyclic) bond motifs is 1. The lowest BCUT2D eigenvalue weighted by atomic mass is 9.96. The molecular weight excluding hydrogens is 344 g/mol. The van der Waals surface area contributed by atoms with Gasteiger partial charge in [-0.05, 0) is 32.9 Å². The maximum atomic E-state index is 12.3. The molecule has 8 heteroatoms. The monoisotopic (exact) mass is 363 g/mol. The Morgan fingerprint density at radius 1 is 1.32 bits per heavy atom. The zero-order valence-electron chi connectivity index (χ0n) is 14.1. The smallest absolute Gasteiger partial charge is 0.261 e. The lowest BCUT2D eigenvalue weighted by Crippen LogP contribution is -2.72. The van der Waals surface area contributed by atoms with Crippen molar-refractivity contribution in [2.24, 2.45) is 0 Å². The number of hydrogen-bond donors (Lipinski definition) is 1. The summed E-state index contributed by atoms with van der Waals surface area (Å²) in [6.45, 7) is 5.10. The van der Waals surface area contributed by atoms with E-state index in [1.165, 1.54) is 16.7 Å². The van der Waals surface area contributed by atoms with Crippen LogP contribution in [0.5, 0.6) is 5.75 Å². The van der Waals surface area contributed by atoms with E-state index in [1.54, 1.807) is 45.0 Å². The zero-order chi connectivity index (χ0) is 18.4. The predicted octanol–water partition coefficient (Wildman–Crippen LogP) is -0.249. The van der Waals surface area contributed by atoms with Crippen molar-refractivity contribution in [1.29, 1.82) is 0 Å². The van der Waals surface area contributed by atoms with Crippen LogP contribution in [-0.2, 0) is 14.4 Å². The molecule has 0 unspecified atom stereocenters. The van der Waals surface area contributed by atoms with Crippen LogP contribution in [0.25, 0.3) is 0 Å². The molecule has 0 spiro atoms. The molecule has 2 saturated heterocycles. The van der Waals surface area contributed by atoms with Gasteiger partial charge in [-0.15, -0.1) is 11.8 Å². The fourth-order valence-electron chi connectivity index (χ4n) is 3.15. The van der Waals surface area contributed by atoms with Crippen LogP contribution in [0.3, 0.4) is 0 Å². The molecule has 0 aromatic heterocycles. The Morgan fingerprint density at radius 3 is 2.56 bits per heavy atom. The standard InChI is InChI=1S/C17H20N2O5S/c1-9(24-10-7-5-4-6-8-10)13(20)18-11-14(21)19-12(16(22)23)17(2,3)25-15(11)19/h4-9,11-12,15H,1-3H3,(H,18,20)(H,22,23)/p-1/t9-,11-,12+,15+/m0/s1. The fourth-order valence-corrected chi connectivity index (χ4v) is 4.77. The van der Waals surface area contributed by atoms with E-state index in [4.69, 9.17) is 4.74 Å². The van der Waals surface area contributed by atoms with Crippen LogP contribution in [0.2, 0.25) is 0 Å². The highest BCUT2D eigenvalue weighted by Crippen LogP contribution is 2.50. The summed E-state index contributed by atoms with van der Waals surface area (Å²) in [5.74, 6) is -1.55. The highest BCUT2D eigenvalue weighted by molar-refractivity contribution is 8.01. The van der Waals surface area contributed by atoms with Gasteiger partial charge >= 0.3 is 0 Å². The highest BCUT2D eigenvalue weighted by atomic mass is 32.2. The Hall–Kier alpha value is -2.22. The topological polar surface area (TPSA) is 98.8 Å². The molecule has 2 aliphatic rings. The number of thioether (sulfide) groups is 1. The Balaban J connectivity index is 1.64. The Kier molecular flexibility index (Phi) is 4.40.